The van der Waals surface area contributed by atoms with Crippen LogP contribution in [-0.2, 0) is 0 Å². The van der Waals surface area contributed by atoms with Crippen LogP contribution in [0.5, 0.6) is 0 Å². The lowest BCUT2D eigenvalue weighted by molar-refractivity contribution is 0.109. The molecule has 0 N–H and O–H groups in total. The van der Waals surface area contributed by atoms with Crippen molar-refractivity contribution in [1.29, 1.82) is 0 Å². The van der Waals surface area contributed by atoms with E-state index >= 15 is 0 Å². The lowest BCUT2D eigenvalue weighted by Crippen LogP contribution is -1.91. The van der Waals surface area contributed by atoms with Crippen molar-refractivity contribution >= 4 is 12.6 Å². The Kier molecular flexibility index (Phi) is 2.91. The minimum absolute atomic E-state index is 0.302. The molecule has 1 aromatic carbocycles. The molecule has 0 radical (unpaired) electrons. The summed E-state index contributed by atoms with van der Waals surface area (Å²) in [5.74, 6) is 0.946. The van der Waals surface area contributed by atoms with Crippen LogP contribution in [0.2, 0.25) is 0 Å². The third kappa shape index (κ3) is 2.04. The summed E-state index contributed by atoms with van der Waals surface area (Å²) in [4.78, 5) is 21.4. The molecular weight excluding hydrogens is 216 g/mol. The molecule has 3 nitrogen and oxygen atoms in total. The van der Waals surface area contributed by atoms with Gasteiger partial charge in [0.25, 0.3) is 0 Å². The molecule has 0 fully saturated rings. The molecule has 0 saturated carbocycles. The third-order valence-corrected chi connectivity index (χ3v) is 2.75. The van der Waals surface area contributed by atoms with Crippen molar-refractivity contribution in [2.45, 2.75) is 13.8 Å². The molecule has 3 heteroatoms. The van der Waals surface area contributed by atoms with Crippen LogP contribution in [0.25, 0.3) is 11.3 Å². The highest BCUT2D eigenvalue weighted by molar-refractivity contribution is 5.81. The number of aryl methyl sites for hydroxylation is 2. The number of hydrogen-bond donors (Lipinski definition) is 0. The monoisotopic (exact) mass is 228 g/mol. The Morgan fingerprint density at radius 3 is 2.35 bits per heavy atom. The summed E-state index contributed by atoms with van der Waals surface area (Å²) in [5, 5.41) is 0. The average molecular weight is 228 g/mol. The van der Waals surface area contributed by atoms with E-state index in [1.54, 1.807) is 12.1 Å². The number of carbonyl (C=O) groups is 2. The largest absolute Gasteiger partial charge is 0.453 e. The van der Waals surface area contributed by atoms with Gasteiger partial charge in [0.15, 0.2) is 12.0 Å². The van der Waals surface area contributed by atoms with Crippen LogP contribution in [0.1, 0.15) is 32.0 Å². The van der Waals surface area contributed by atoms with Crippen molar-refractivity contribution in [3.05, 3.63) is 46.7 Å². The topological polar surface area (TPSA) is 47.3 Å². The second-order valence-electron chi connectivity index (χ2n) is 3.96. The minimum Gasteiger partial charge on any atom is -0.453 e. The quantitative estimate of drug-likeness (QED) is 0.758. The molecule has 0 bridgehead atoms. The molecule has 0 saturated heterocycles. The van der Waals surface area contributed by atoms with Gasteiger partial charge in [-0.15, -0.1) is 0 Å². The Hall–Kier alpha value is -2.16. The fourth-order valence-electron chi connectivity index (χ4n) is 1.79. The van der Waals surface area contributed by atoms with Crippen LogP contribution in [0, 0.1) is 13.8 Å². The molecular formula is C14H12O3. The molecule has 1 heterocycles. The van der Waals surface area contributed by atoms with Crippen molar-refractivity contribution < 1.29 is 14.0 Å². The second kappa shape index (κ2) is 4.37. The lowest BCUT2D eigenvalue weighted by atomic mass is 9.99. The SMILES string of the molecule is Cc1cc(-c2ccc(C=O)o2)c(C)cc1C=O. The molecule has 0 aliphatic rings. The second-order valence-corrected chi connectivity index (χ2v) is 3.96. The van der Waals surface area contributed by atoms with Gasteiger partial charge in [0.1, 0.15) is 12.0 Å². The van der Waals surface area contributed by atoms with Gasteiger partial charge in [0.05, 0.1) is 0 Å². The van der Waals surface area contributed by atoms with E-state index in [2.05, 4.69) is 0 Å². The number of benzene rings is 1. The maximum Gasteiger partial charge on any atom is 0.185 e. The summed E-state index contributed by atoms with van der Waals surface area (Å²) in [6.45, 7) is 3.78. The van der Waals surface area contributed by atoms with E-state index in [1.165, 1.54) is 0 Å². The van der Waals surface area contributed by atoms with Gasteiger partial charge in [-0.25, -0.2) is 0 Å². The lowest BCUT2D eigenvalue weighted by Gasteiger charge is -2.06. The number of furan rings is 1. The zero-order valence-electron chi connectivity index (χ0n) is 9.69. The molecule has 0 atom stereocenters. The van der Waals surface area contributed by atoms with Crippen LogP contribution in [0.3, 0.4) is 0 Å². The molecule has 0 amide bonds. The van der Waals surface area contributed by atoms with Crippen LogP contribution < -0.4 is 0 Å². The molecule has 0 aliphatic heterocycles. The Labute approximate surface area is 99.1 Å². The molecule has 2 aromatic rings. The van der Waals surface area contributed by atoms with Crippen molar-refractivity contribution in [2.75, 3.05) is 0 Å². The number of aldehydes is 2. The van der Waals surface area contributed by atoms with Crippen molar-refractivity contribution in [3.63, 3.8) is 0 Å². The van der Waals surface area contributed by atoms with Gasteiger partial charge >= 0.3 is 0 Å². The van der Waals surface area contributed by atoms with E-state index in [0.29, 0.717) is 23.4 Å². The number of hydrogen-bond acceptors (Lipinski definition) is 3. The van der Waals surface area contributed by atoms with E-state index in [9.17, 15) is 9.59 Å². The van der Waals surface area contributed by atoms with Crippen molar-refractivity contribution in [3.8, 4) is 11.3 Å². The highest BCUT2D eigenvalue weighted by Gasteiger charge is 2.09. The van der Waals surface area contributed by atoms with E-state index < -0.39 is 0 Å². The molecule has 1 aromatic heterocycles. The maximum absolute atomic E-state index is 10.8. The highest BCUT2D eigenvalue weighted by Crippen LogP contribution is 2.27. The summed E-state index contributed by atoms with van der Waals surface area (Å²) in [6.07, 6.45) is 1.51. The predicted octanol–water partition coefficient (Wildman–Crippen LogP) is 3.19. The zero-order chi connectivity index (χ0) is 12.4. The number of rotatable bonds is 3. The summed E-state index contributed by atoms with van der Waals surface area (Å²) in [6, 6.07) is 7.10. The Balaban J connectivity index is 2.55. The van der Waals surface area contributed by atoms with E-state index in [4.69, 9.17) is 4.42 Å². The van der Waals surface area contributed by atoms with E-state index in [0.717, 1.165) is 23.0 Å². The molecule has 2 rings (SSSR count). The smallest absolute Gasteiger partial charge is 0.185 e. The first-order valence-corrected chi connectivity index (χ1v) is 5.27. The summed E-state index contributed by atoms with van der Waals surface area (Å²) < 4.78 is 5.37. The summed E-state index contributed by atoms with van der Waals surface area (Å²) in [5.41, 5.74) is 3.42. The van der Waals surface area contributed by atoms with Crippen LogP contribution >= 0.6 is 0 Å². The number of carbonyl (C=O) groups excluding carboxylic acids is 2. The van der Waals surface area contributed by atoms with Crippen LogP contribution in [0.15, 0.2) is 28.7 Å². The third-order valence-electron chi connectivity index (χ3n) is 2.75. The first-order chi connectivity index (χ1) is 8.15. The standard InChI is InChI=1S/C14H12O3/c1-9-6-13(10(2)5-11(9)7-15)14-4-3-12(8-16)17-14/h3-8H,1-2H3. The van der Waals surface area contributed by atoms with Gasteiger partial charge in [-0.05, 0) is 49.2 Å². The Morgan fingerprint density at radius 1 is 1.00 bits per heavy atom. The fourth-order valence-corrected chi connectivity index (χ4v) is 1.79. The molecule has 17 heavy (non-hydrogen) atoms. The van der Waals surface area contributed by atoms with E-state index in [-0.39, 0.29) is 0 Å². The molecule has 0 aliphatic carbocycles. The minimum atomic E-state index is 0.302. The summed E-state index contributed by atoms with van der Waals surface area (Å²) in [7, 11) is 0. The first-order valence-electron chi connectivity index (χ1n) is 5.27. The van der Waals surface area contributed by atoms with Crippen LogP contribution in [0.4, 0.5) is 0 Å². The molecule has 0 unspecified atom stereocenters. The van der Waals surface area contributed by atoms with Crippen molar-refractivity contribution in [2.24, 2.45) is 0 Å². The van der Waals surface area contributed by atoms with Gasteiger partial charge in [0, 0.05) is 11.1 Å². The zero-order valence-corrected chi connectivity index (χ0v) is 9.69. The summed E-state index contributed by atoms with van der Waals surface area (Å²) >= 11 is 0. The van der Waals surface area contributed by atoms with Gasteiger partial charge in [-0.1, -0.05) is 0 Å². The Morgan fingerprint density at radius 2 is 1.76 bits per heavy atom. The van der Waals surface area contributed by atoms with Gasteiger partial charge in [0.2, 0.25) is 0 Å². The molecule has 86 valence electrons. The van der Waals surface area contributed by atoms with Crippen molar-refractivity contribution in [1.82, 2.24) is 0 Å². The highest BCUT2D eigenvalue weighted by atomic mass is 16.3. The van der Waals surface area contributed by atoms with Crippen LogP contribution in [-0.4, -0.2) is 12.6 Å². The normalized spacial score (nSPS) is 10.2. The predicted molar refractivity (Wildman–Crippen MR) is 64.4 cm³/mol. The molecule has 0 spiro atoms. The average Bonchev–Trinajstić information content (AvgIpc) is 2.80. The van der Waals surface area contributed by atoms with Gasteiger partial charge < -0.3 is 4.42 Å². The fraction of sp³-hybridized carbons (Fsp3) is 0.143. The first kappa shape index (κ1) is 11.3. The van der Waals surface area contributed by atoms with Gasteiger partial charge in [-0.3, -0.25) is 9.59 Å². The van der Waals surface area contributed by atoms with E-state index in [1.807, 2.05) is 26.0 Å². The Bertz CT molecular complexity index is 579. The maximum atomic E-state index is 10.8. The van der Waals surface area contributed by atoms with Gasteiger partial charge in [-0.2, -0.15) is 0 Å².